The van der Waals surface area contributed by atoms with Crippen LogP contribution in [0.2, 0.25) is 5.15 Å². The Morgan fingerprint density at radius 1 is 1.44 bits per heavy atom. The first kappa shape index (κ1) is 11.3. The summed E-state index contributed by atoms with van der Waals surface area (Å²) in [6.45, 7) is 0.348. The molecule has 0 aliphatic rings. The van der Waals surface area contributed by atoms with Crippen LogP contribution in [0.15, 0.2) is 29.0 Å². The van der Waals surface area contributed by atoms with Crippen LogP contribution in [0.5, 0.6) is 0 Å². The number of aromatic nitrogens is 3. The van der Waals surface area contributed by atoms with Gasteiger partial charge in [-0.2, -0.15) is 0 Å². The highest BCUT2D eigenvalue weighted by Crippen LogP contribution is 2.29. The summed E-state index contributed by atoms with van der Waals surface area (Å²) in [5.74, 6) is 0.743. The molecule has 0 unspecified atom stereocenters. The Morgan fingerprint density at radius 2 is 2.28 bits per heavy atom. The Hall–Kier alpha value is -1.85. The largest absolute Gasteiger partial charge is 0.443 e. The average molecular weight is 263 g/mol. The van der Waals surface area contributed by atoms with Gasteiger partial charge in [0.05, 0.1) is 6.54 Å². The van der Waals surface area contributed by atoms with E-state index in [9.17, 15) is 0 Å². The van der Waals surface area contributed by atoms with Crippen molar-refractivity contribution in [3.63, 3.8) is 0 Å². The minimum Gasteiger partial charge on any atom is -0.443 e. The number of hydrogen-bond donors (Lipinski definition) is 1. The first-order chi connectivity index (χ1) is 8.70. The molecule has 0 fully saturated rings. The molecule has 2 aromatic heterocycles. The van der Waals surface area contributed by atoms with Gasteiger partial charge >= 0.3 is 0 Å². The summed E-state index contributed by atoms with van der Waals surface area (Å²) in [7, 11) is 1.84. The monoisotopic (exact) mass is 262 g/mol. The van der Waals surface area contributed by atoms with E-state index in [0.29, 0.717) is 23.0 Å². The maximum atomic E-state index is 6.25. The Labute approximate surface area is 108 Å². The van der Waals surface area contributed by atoms with Crippen LogP contribution in [-0.4, -0.2) is 14.5 Å². The second-order valence-corrected chi connectivity index (χ2v) is 4.32. The molecule has 0 amide bonds. The first-order valence-corrected chi connectivity index (χ1v) is 5.83. The molecule has 92 valence electrons. The number of imidazole rings is 1. The van der Waals surface area contributed by atoms with Gasteiger partial charge in [-0.25, -0.2) is 9.97 Å². The third kappa shape index (κ3) is 1.60. The molecule has 3 rings (SSSR count). The lowest BCUT2D eigenvalue weighted by Crippen LogP contribution is -2.04. The zero-order valence-electron chi connectivity index (χ0n) is 9.72. The molecule has 2 heterocycles. The van der Waals surface area contributed by atoms with E-state index in [4.69, 9.17) is 21.8 Å². The number of benzene rings is 1. The van der Waals surface area contributed by atoms with Crippen molar-refractivity contribution in [2.75, 3.05) is 0 Å². The molecule has 0 aliphatic carbocycles. The lowest BCUT2D eigenvalue weighted by Gasteiger charge is -1.98. The quantitative estimate of drug-likeness (QED) is 0.770. The van der Waals surface area contributed by atoms with Crippen molar-refractivity contribution in [1.29, 1.82) is 0 Å². The molecule has 0 spiro atoms. The maximum absolute atomic E-state index is 6.25. The van der Waals surface area contributed by atoms with Gasteiger partial charge in [0.2, 0.25) is 0 Å². The summed E-state index contributed by atoms with van der Waals surface area (Å²) in [5.41, 5.74) is 8.73. The molecule has 18 heavy (non-hydrogen) atoms. The van der Waals surface area contributed by atoms with Crippen molar-refractivity contribution < 1.29 is 4.42 Å². The van der Waals surface area contributed by atoms with Gasteiger partial charge in [0.15, 0.2) is 12.0 Å². The zero-order chi connectivity index (χ0) is 12.7. The van der Waals surface area contributed by atoms with Crippen molar-refractivity contribution in [3.05, 3.63) is 35.6 Å². The van der Waals surface area contributed by atoms with Gasteiger partial charge in [-0.1, -0.05) is 17.7 Å². The standard InChI is InChI=1S/C12H11ClN4O/c1-17-10(5-14)16-11(12(17)13)7-2-3-8-9(4-7)18-6-15-8/h2-4,6H,5,14H2,1H3. The van der Waals surface area contributed by atoms with Crippen LogP contribution in [0.3, 0.4) is 0 Å². The second-order valence-electron chi connectivity index (χ2n) is 3.97. The summed E-state index contributed by atoms with van der Waals surface area (Å²) in [6.07, 6.45) is 1.42. The van der Waals surface area contributed by atoms with Gasteiger partial charge < -0.3 is 14.7 Å². The van der Waals surface area contributed by atoms with E-state index in [0.717, 1.165) is 16.9 Å². The fraction of sp³-hybridized carbons (Fsp3) is 0.167. The third-order valence-electron chi connectivity index (χ3n) is 2.91. The number of halogens is 1. The molecule has 5 nitrogen and oxygen atoms in total. The Kier molecular flexibility index (Phi) is 2.57. The van der Waals surface area contributed by atoms with Gasteiger partial charge in [0.25, 0.3) is 0 Å². The SMILES string of the molecule is Cn1c(CN)nc(-c2ccc3ncoc3c2)c1Cl. The van der Waals surface area contributed by atoms with Crippen LogP contribution in [0.4, 0.5) is 0 Å². The molecule has 0 atom stereocenters. The molecule has 3 aromatic rings. The molecule has 1 aromatic carbocycles. The van der Waals surface area contributed by atoms with E-state index < -0.39 is 0 Å². The Balaban J connectivity index is 2.19. The highest BCUT2D eigenvalue weighted by atomic mass is 35.5. The zero-order valence-corrected chi connectivity index (χ0v) is 10.5. The molecule has 0 saturated carbocycles. The van der Waals surface area contributed by atoms with Crippen LogP contribution in [0.25, 0.3) is 22.4 Å². The van der Waals surface area contributed by atoms with Crippen molar-refractivity contribution in [3.8, 4) is 11.3 Å². The van der Waals surface area contributed by atoms with Gasteiger partial charge in [-0.15, -0.1) is 0 Å². The summed E-state index contributed by atoms with van der Waals surface area (Å²) < 4.78 is 7.05. The molecule has 2 N–H and O–H groups in total. The first-order valence-electron chi connectivity index (χ1n) is 5.45. The Bertz CT molecular complexity index is 716. The predicted molar refractivity (Wildman–Crippen MR) is 69.1 cm³/mol. The van der Waals surface area contributed by atoms with E-state index in [1.165, 1.54) is 6.39 Å². The topological polar surface area (TPSA) is 69.9 Å². The van der Waals surface area contributed by atoms with Gasteiger partial charge in [-0.3, -0.25) is 0 Å². The van der Waals surface area contributed by atoms with Gasteiger partial charge in [-0.05, 0) is 12.1 Å². The number of hydrogen-bond acceptors (Lipinski definition) is 4. The van der Waals surface area contributed by atoms with Crippen molar-refractivity contribution in [2.24, 2.45) is 12.8 Å². The molecule has 0 radical (unpaired) electrons. The van der Waals surface area contributed by atoms with Crippen molar-refractivity contribution >= 4 is 22.7 Å². The fourth-order valence-corrected chi connectivity index (χ4v) is 2.14. The van der Waals surface area contributed by atoms with E-state index in [1.807, 2.05) is 25.2 Å². The maximum Gasteiger partial charge on any atom is 0.181 e. The van der Waals surface area contributed by atoms with Crippen LogP contribution < -0.4 is 5.73 Å². The lowest BCUT2D eigenvalue weighted by atomic mass is 10.1. The van der Waals surface area contributed by atoms with Crippen LogP contribution in [0, 0.1) is 0 Å². The fourth-order valence-electron chi connectivity index (χ4n) is 1.89. The molecule has 0 bridgehead atoms. The van der Waals surface area contributed by atoms with Crippen molar-refractivity contribution in [1.82, 2.24) is 14.5 Å². The molecular weight excluding hydrogens is 252 g/mol. The average Bonchev–Trinajstić information content (AvgIpc) is 2.95. The second kappa shape index (κ2) is 4.12. The van der Waals surface area contributed by atoms with E-state index in [1.54, 1.807) is 4.57 Å². The highest BCUT2D eigenvalue weighted by Gasteiger charge is 2.14. The summed E-state index contributed by atoms with van der Waals surface area (Å²) in [6, 6.07) is 5.66. The van der Waals surface area contributed by atoms with Crippen molar-refractivity contribution in [2.45, 2.75) is 6.54 Å². The molecule has 0 aliphatic heterocycles. The van der Waals surface area contributed by atoms with Crippen LogP contribution in [0.1, 0.15) is 5.82 Å². The Morgan fingerprint density at radius 3 is 3.00 bits per heavy atom. The molecular formula is C12H11ClN4O. The summed E-state index contributed by atoms with van der Waals surface area (Å²) in [4.78, 5) is 8.50. The number of nitrogens with two attached hydrogens (primary N) is 1. The van der Waals surface area contributed by atoms with E-state index >= 15 is 0 Å². The van der Waals surface area contributed by atoms with Gasteiger partial charge in [0.1, 0.15) is 22.2 Å². The van der Waals surface area contributed by atoms with Crippen LogP contribution in [-0.2, 0) is 13.6 Å². The third-order valence-corrected chi connectivity index (χ3v) is 3.34. The normalized spacial score (nSPS) is 11.3. The number of nitrogens with zero attached hydrogens (tertiary/aromatic N) is 3. The van der Waals surface area contributed by atoms with Crippen LogP contribution >= 0.6 is 11.6 Å². The predicted octanol–water partition coefficient (Wildman–Crippen LogP) is 2.34. The minimum absolute atomic E-state index is 0.348. The van der Waals surface area contributed by atoms with E-state index in [2.05, 4.69) is 9.97 Å². The molecule has 6 heteroatoms. The summed E-state index contributed by atoms with van der Waals surface area (Å²) in [5, 5.41) is 0.564. The lowest BCUT2D eigenvalue weighted by molar-refractivity contribution is 0.602. The molecule has 0 saturated heterocycles. The van der Waals surface area contributed by atoms with Gasteiger partial charge in [0, 0.05) is 12.6 Å². The number of rotatable bonds is 2. The minimum atomic E-state index is 0.348. The number of fused-ring (bicyclic) bond motifs is 1. The van der Waals surface area contributed by atoms with E-state index in [-0.39, 0.29) is 0 Å². The smallest absolute Gasteiger partial charge is 0.181 e. The highest BCUT2D eigenvalue weighted by molar-refractivity contribution is 6.32. The summed E-state index contributed by atoms with van der Waals surface area (Å²) >= 11 is 6.25. The number of oxazole rings is 1.